The zero-order valence-electron chi connectivity index (χ0n) is 20.6. The molecule has 1 fully saturated rings. The lowest BCUT2D eigenvalue weighted by atomic mass is 10.1. The number of sulfonamides is 1. The van der Waals surface area contributed by atoms with Crippen molar-refractivity contribution in [1.29, 1.82) is 0 Å². The molecule has 3 aromatic rings. The third-order valence-electron chi connectivity index (χ3n) is 5.69. The summed E-state index contributed by atoms with van der Waals surface area (Å²) in [5.74, 6) is -2.84. The van der Waals surface area contributed by atoms with E-state index in [-0.39, 0.29) is 37.6 Å². The van der Waals surface area contributed by atoms with Gasteiger partial charge in [0.2, 0.25) is 21.9 Å². The van der Waals surface area contributed by atoms with Crippen LogP contribution in [-0.2, 0) is 16.2 Å². The molecule has 2 heterocycles. The Hall–Kier alpha value is -3.80. The van der Waals surface area contributed by atoms with E-state index in [2.05, 4.69) is 30.3 Å². The number of alkyl halides is 6. The van der Waals surface area contributed by atoms with Gasteiger partial charge in [-0.1, -0.05) is 6.07 Å². The Morgan fingerprint density at radius 1 is 0.902 bits per heavy atom. The number of ether oxygens (including phenoxy) is 1. The van der Waals surface area contributed by atoms with Gasteiger partial charge in [-0.25, -0.2) is 17.2 Å². The maximum atomic E-state index is 13.5. The predicted molar refractivity (Wildman–Crippen MR) is 128 cm³/mol. The second-order valence-electron chi connectivity index (χ2n) is 8.80. The fourth-order valence-corrected chi connectivity index (χ4v) is 5.35. The molecule has 0 unspecified atom stereocenters. The smallest absolute Gasteiger partial charge is 0.422 e. The van der Waals surface area contributed by atoms with E-state index in [0.29, 0.717) is 18.2 Å². The zero-order chi connectivity index (χ0) is 30.0. The maximum absolute atomic E-state index is 13.5. The summed E-state index contributed by atoms with van der Waals surface area (Å²) in [6.07, 6.45) is -9.12. The summed E-state index contributed by atoms with van der Waals surface area (Å²) in [4.78, 5) is 10.9. The first kappa shape index (κ1) is 30.2. The van der Waals surface area contributed by atoms with Crippen LogP contribution in [0.25, 0.3) is 0 Å². The van der Waals surface area contributed by atoms with Gasteiger partial charge in [-0.3, -0.25) is 0 Å². The van der Waals surface area contributed by atoms with Gasteiger partial charge in [0.1, 0.15) is 11.6 Å². The Morgan fingerprint density at radius 2 is 1.54 bits per heavy atom. The van der Waals surface area contributed by atoms with Crippen LogP contribution < -0.4 is 15.4 Å². The molecule has 1 aromatic heterocycles. The number of halogens is 8. The van der Waals surface area contributed by atoms with Crippen molar-refractivity contribution in [2.45, 2.75) is 36.1 Å². The van der Waals surface area contributed by atoms with Crippen molar-refractivity contribution in [1.82, 2.24) is 19.3 Å². The van der Waals surface area contributed by atoms with Gasteiger partial charge in [-0.15, -0.1) is 0 Å². The molecule has 1 aliphatic rings. The summed E-state index contributed by atoms with van der Waals surface area (Å²) in [6, 6.07) is 4.55. The van der Waals surface area contributed by atoms with Gasteiger partial charge in [-0.2, -0.15) is 45.6 Å². The Kier molecular flexibility index (Phi) is 8.53. The molecule has 222 valence electrons. The first-order valence-corrected chi connectivity index (χ1v) is 13.2. The molecule has 0 saturated carbocycles. The van der Waals surface area contributed by atoms with E-state index in [9.17, 15) is 43.5 Å². The minimum absolute atomic E-state index is 0.0873. The number of anilines is 3. The van der Waals surface area contributed by atoms with Gasteiger partial charge in [0.25, 0.3) is 0 Å². The molecule has 0 amide bonds. The maximum Gasteiger partial charge on any atom is 0.422 e. The monoisotopic (exact) mass is 612 g/mol. The highest BCUT2D eigenvalue weighted by molar-refractivity contribution is 7.89. The van der Waals surface area contributed by atoms with Gasteiger partial charge in [0, 0.05) is 30.9 Å². The number of rotatable bonds is 8. The van der Waals surface area contributed by atoms with Crippen molar-refractivity contribution in [3.8, 4) is 6.01 Å². The quantitative estimate of drug-likeness (QED) is 0.338. The van der Waals surface area contributed by atoms with Crippen LogP contribution in [-0.4, -0.2) is 59.6 Å². The summed E-state index contributed by atoms with van der Waals surface area (Å²) in [5, 5.41) is 5.30. The Bertz CT molecular complexity index is 1480. The third-order valence-corrected chi connectivity index (χ3v) is 7.56. The van der Waals surface area contributed by atoms with Crippen molar-refractivity contribution in [2.24, 2.45) is 0 Å². The number of piperidine rings is 1. The van der Waals surface area contributed by atoms with Crippen molar-refractivity contribution in [3.63, 3.8) is 0 Å². The van der Waals surface area contributed by atoms with Crippen LogP contribution in [0.4, 0.5) is 52.7 Å². The summed E-state index contributed by atoms with van der Waals surface area (Å²) in [5.41, 5.74) is -1.11. The molecule has 18 heteroatoms. The first-order chi connectivity index (χ1) is 19.1. The van der Waals surface area contributed by atoms with E-state index in [4.69, 9.17) is 0 Å². The normalized spacial score (nSPS) is 15.5. The minimum Gasteiger partial charge on any atom is -0.454 e. The van der Waals surface area contributed by atoms with E-state index < -0.39 is 69.1 Å². The second-order valence-corrected chi connectivity index (χ2v) is 10.7. The molecule has 9 nitrogen and oxygen atoms in total. The van der Waals surface area contributed by atoms with Gasteiger partial charge in [0.05, 0.1) is 10.5 Å². The molecular formula is C23H20F8N6O3S. The minimum atomic E-state index is -4.74. The van der Waals surface area contributed by atoms with Crippen LogP contribution in [0.5, 0.6) is 6.01 Å². The van der Waals surface area contributed by atoms with Gasteiger partial charge >= 0.3 is 18.4 Å². The van der Waals surface area contributed by atoms with Crippen LogP contribution in [0.1, 0.15) is 18.4 Å². The van der Waals surface area contributed by atoms with E-state index in [1.165, 1.54) is 6.07 Å². The lowest BCUT2D eigenvalue weighted by molar-refractivity contribution is -0.154. The van der Waals surface area contributed by atoms with Gasteiger partial charge in [-0.05, 0) is 43.2 Å². The Balaban J connectivity index is 1.50. The number of hydrogen-bond donors (Lipinski definition) is 2. The number of aromatic nitrogens is 3. The Labute approximate surface area is 227 Å². The number of hydrogen-bond acceptors (Lipinski definition) is 8. The number of benzene rings is 2. The molecule has 41 heavy (non-hydrogen) atoms. The molecular weight excluding hydrogens is 592 g/mol. The fraction of sp³-hybridized carbons (Fsp3) is 0.348. The summed E-state index contributed by atoms with van der Waals surface area (Å²) >= 11 is 0. The molecule has 2 aromatic carbocycles. The molecule has 0 aliphatic carbocycles. The van der Waals surface area contributed by atoms with Crippen LogP contribution in [0, 0.1) is 11.6 Å². The van der Waals surface area contributed by atoms with Crippen LogP contribution in [0.3, 0.4) is 0 Å². The van der Waals surface area contributed by atoms with Crippen molar-refractivity contribution < 1.29 is 48.3 Å². The van der Waals surface area contributed by atoms with Crippen molar-refractivity contribution in [2.75, 3.05) is 30.3 Å². The van der Waals surface area contributed by atoms with Crippen LogP contribution in [0.15, 0.2) is 47.4 Å². The van der Waals surface area contributed by atoms with E-state index >= 15 is 0 Å². The first-order valence-electron chi connectivity index (χ1n) is 11.7. The second kappa shape index (κ2) is 11.6. The standard InChI is InChI=1S/C23H20F8N6O3S/c24-14-9-15(25)11-18(10-14)41(38,39)37-6-4-16(5-7-37)32-19-34-20(36-21(35-19)40-12-22(26,27)28)33-17-3-1-2-13(8-17)23(29,30)31/h1-3,8-11,16H,4-7,12H2,(H2,32,33,34,35,36). The number of nitrogens with one attached hydrogen (secondary N) is 2. The topological polar surface area (TPSA) is 109 Å². The molecule has 0 bridgehead atoms. The van der Waals surface area contributed by atoms with Crippen LogP contribution >= 0.6 is 0 Å². The zero-order valence-corrected chi connectivity index (χ0v) is 21.4. The molecule has 2 N–H and O–H groups in total. The van der Waals surface area contributed by atoms with Crippen LogP contribution in [0.2, 0.25) is 0 Å². The molecule has 1 saturated heterocycles. The molecule has 4 rings (SSSR count). The van der Waals surface area contributed by atoms with Crippen molar-refractivity contribution in [3.05, 3.63) is 59.7 Å². The highest BCUT2D eigenvalue weighted by Gasteiger charge is 2.32. The van der Waals surface area contributed by atoms with Gasteiger partial charge in [0.15, 0.2) is 6.61 Å². The Morgan fingerprint density at radius 3 is 2.15 bits per heavy atom. The van der Waals surface area contributed by atoms with E-state index in [0.717, 1.165) is 22.5 Å². The average Bonchev–Trinajstić information content (AvgIpc) is 2.86. The summed E-state index contributed by atoms with van der Waals surface area (Å²) in [6.45, 7) is -1.93. The lowest BCUT2D eigenvalue weighted by Gasteiger charge is -2.31. The lowest BCUT2D eigenvalue weighted by Crippen LogP contribution is -2.42. The fourth-order valence-electron chi connectivity index (χ4n) is 3.84. The highest BCUT2D eigenvalue weighted by atomic mass is 32.2. The van der Waals surface area contributed by atoms with Crippen molar-refractivity contribution >= 4 is 27.6 Å². The molecule has 0 radical (unpaired) electrons. The summed E-state index contributed by atoms with van der Waals surface area (Å²) < 4.78 is 136. The molecule has 0 atom stereocenters. The van der Waals surface area contributed by atoms with E-state index in [1.54, 1.807) is 0 Å². The SMILES string of the molecule is O=S(=O)(c1cc(F)cc(F)c1)N1CCC(Nc2nc(Nc3cccc(C(F)(F)F)c3)nc(OCC(F)(F)F)n2)CC1. The van der Waals surface area contributed by atoms with Gasteiger partial charge < -0.3 is 15.4 Å². The number of nitrogens with zero attached hydrogens (tertiary/aromatic N) is 4. The molecule has 0 spiro atoms. The summed E-state index contributed by atoms with van der Waals surface area (Å²) in [7, 11) is -4.22. The largest absolute Gasteiger partial charge is 0.454 e. The third kappa shape index (κ3) is 8.12. The van der Waals surface area contributed by atoms with E-state index in [1.807, 2.05) is 0 Å². The predicted octanol–water partition coefficient (Wildman–Crippen LogP) is 5.12. The highest BCUT2D eigenvalue weighted by Crippen LogP contribution is 2.31. The average molecular weight is 613 g/mol. The molecule has 1 aliphatic heterocycles.